The molecule has 1 heteroatoms. The van der Waals surface area contributed by atoms with Crippen LogP contribution in [0.2, 0.25) is 0 Å². The minimum Gasteiger partial charge on any atom is -0.378 e. The minimum atomic E-state index is 0.538. The van der Waals surface area contributed by atoms with Gasteiger partial charge in [-0.15, -0.1) is 0 Å². The molecule has 1 unspecified atom stereocenters. The van der Waals surface area contributed by atoms with E-state index >= 15 is 0 Å². The van der Waals surface area contributed by atoms with E-state index in [0.29, 0.717) is 6.10 Å². The fraction of sp³-hybridized carbons (Fsp3) is 0.857. The van der Waals surface area contributed by atoms with Crippen LogP contribution >= 0.6 is 0 Å². The van der Waals surface area contributed by atoms with Gasteiger partial charge in [-0.05, 0) is 38.5 Å². The highest BCUT2D eigenvalue weighted by molar-refractivity contribution is 4.85. The highest BCUT2D eigenvalue weighted by Crippen LogP contribution is 2.15. The third-order valence-electron chi connectivity index (χ3n) is 3.07. The number of allylic oxidation sites excluding steroid dienone is 2. The third-order valence-corrected chi connectivity index (χ3v) is 3.07. The Morgan fingerprint density at radius 2 is 1.93 bits per heavy atom. The predicted molar refractivity (Wildman–Crippen MR) is 66.1 cm³/mol. The number of unbranched alkanes of at least 4 members (excludes halogenated alkanes) is 3. The highest BCUT2D eigenvalue weighted by Gasteiger charge is 2.08. The summed E-state index contributed by atoms with van der Waals surface area (Å²) in [5.41, 5.74) is 0. The van der Waals surface area contributed by atoms with Crippen LogP contribution in [-0.2, 0) is 4.74 Å². The van der Waals surface area contributed by atoms with E-state index in [1.54, 1.807) is 0 Å². The van der Waals surface area contributed by atoms with E-state index in [-0.39, 0.29) is 0 Å². The fourth-order valence-corrected chi connectivity index (χ4v) is 2.07. The zero-order valence-electron chi connectivity index (χ0n) is 10.2. The van der Waals surface area contributed by atoms with Gasteiger partial charge in [-0.2, -0.15) is 0 Å². The quantitative estimate of drug-likeness (QED) is 0.464. The van der Waals surface area contributed by atoms with E-state index in [1.807, 2.05) is 0 Å². The molecule has 0 bridgehead atoms. The fourth-order valence-electron chi connectivity index (χ4n) is 2.07. The van der Waals surface area contributed by atoms with Crippen molar-refractivity contribution in [3.8, 4) is 0 Å². The Hall–Kier alpha value is -0.300. The number of hydrogen-bond donors (Lipinski definition) is 0. The standard InChI is InChI=1S/C14H26O/c1-2-3-4-10-13-15-14-11-8-6-5-7-9-12-14/h5-6,14H,2-4,7-13H2,1H3/b6-5-. The molecule has 1 aliphatic carbocycles. The zero-order chi connectivity index (χ0) is 10.8. The second-order valence-corrected chi connectivity index (χ2v) is 4.53. The number of rotatable bonds is 6. The number of ether oxygens (including phenoxy) is 1. The van der Waals surface area contributed by atoms with Crippen LogP contribution < -0.4 is 0 Å². The third kappa shape index (κ3) is 6.72. The van der Waals surface area contributed by atoms with Gasteiger partial charge in [0.2, 0.25) is 0 Å². The number of hydrogen-bond acceptors (Lipinski definition) is 1. The van der Waals surface area contributed by atoms with Crippen molar-refractivity contribution in [3.63, 3.8) is 0 Å². The molecule has 0 aliphatic heterocycles. The summed E-state index contributed by atoms with van der Waals surface area (Å²) in [4.78, 5) is 0. The van der Waals surface area contributed by atoms with Gasteiger partial charge >= 0.3 is 0 Å². The molecule has 0 heterocycles. The molecule has 88 valence electrons. The molecule has 0 spiro atoms. The maximum Gasteiger partial charge on any atom is 0.0578 e. The Morgan fingerprint density at radius 1 is 1.07 bits per heavy atom. The van der Waals surface area contributed by atoms with Crippen LogP contribution in [0.5, 0.6) is 0 Å². The molecule has 0 aromatic heterocycles. The Morgan fingerprint density at radius 3 is 2.80 bits per heavy atom. The average molecular weight is 210 g/mol. The van der Waals surface area contributed by atoms with Crippen LogP contribution in [0, 0.1) is 0 Å². The van der Waals surface area contributed by atoms with E-state index in [9.17, 15) is 0 Å². The summed E-state index contributed by atoms with van der Waals surface area (Å²) in [6.45, 7) is 3.23. The molecule has 1 atom stereocenters. The van der Waals surface area contributed by atoms with Crippen LogP contribution in [0.1, 0.15) is 64.7 Å². The molecule has 0 aromatic rings. The lowest BCUT2D eigenvalue weighted by Gasteiger charge is -2.18. The van der Waals surface area contributed by atoms with Crippen molar-refractivity contribution < 1.29 is 4.74 Å². The van der Waals surface area contributed by atoms with Crippen LogP contribution in [0.4, 0.5) is 0 Å². The molecule has 0 saturated carbocycles. The SMILES string of the molecule is CCCCCCOC1CC/C=C\CCC1. The molecule has 0 fully saturated rings. The Balaban J connectivity index is 2.01. The van der Waals surface area contributed by atoms with E-state index in [0.717, 1.165) is 6.61 Å². The van der Waals surface area contributed by atoms with Crippen molar-refractivity contribution >= 4 is 0 Å². The van der Waals surface area contributed by atoms with Crippen molar-refractivity contribution in [2.45, 2.75) is 70.8 Å². The minimum absolute atomic E-state index is 0.538. The Kier molecular flexibility index (Phi) is 7.63. The van der Waals surface area contributed by atoms with E-state index in [4.69, 9.17) is 4.74 Å². The molecular weight excluding hydrogens is 184 g/mol. The summed E-state index contributed by atoms with van der Waals surface area (Å²) < 4.78 is 5.93. The second kappa shape index (κ2) is 8.96. The molecule has 0 N–H and O–H groups in total. The molecule has 1 nitrogen and oxygen atoms in total. The van der Waals surface area contributed by atoms with Gasteiger partial charge in [0.25, 0.3) is 0 Å². The highest BCUT2D eigenvalue weighted by atomic mass is 16.5. The summed E-state index contributed by atoms with van der Waals surface area (Å²) >= 11 is 0. The van der Waals surface area contributed by atoms with Crippen molar-refractivity contribution in [2.24, 2.45) is 0 Å². The van der Waals surface area contributed by atoms with Gasteiger partial charge in [0.15, 0.2) is 0 Å². The van der Waals surface area contributed by atoms with Gasteiger partial charge in [0.1, 0.15) is 0 Å². The smallest absolute Gasteiger partial charge is 0.0578 e. The Bertz CT molecular complexity index is 163. The molecule has 0 saturated heterocycles. The predicted octanol–water partition coefficient (Wildman–Crippen LogP) is 4.47. The molecule has 0 amide bonds. The molecule has 1 aliphatic rings. The monoisotopic (exact) mass is 210 g/mol. The van der Waals surface area contributed by atoms with Crippen LogP contribution in [0.3, 0.4) is 0 Å². The van der Waals surface area contributed by atoms with Crippen molar-refractivity contribution in [2.75, 3.05) is 6.61 Å². The van der Waals surface area contributed by atoms with Crippen LogP contribution in [0.25, 0.3) is 0 Å². The first-order valence-electron chi connectivity index (χ1n) is 6.70. The summed E-state index contributed by atoms with van der Waals surface area (Å²) in [6, 6.07) is 0. The topological polar surface area (TPSA) is 9.23 Å². The molecule has 15 heavy (non-hydrogen) atoms. The van der Waals surface area contributed by atoms with Crippen LogP contribution in [-0.4, -0.2) is 12.7 Å². The zero-order valence-corrected chi connectivity index (χ0v) is 10.2. The first-order chi connectivity index (χ1) is 7.43. The van der Waals surface area contributed by atoms with Crippen LogP contribution in [0.15, 0.2) is 12.2 Å². The second-order valence-electron chi connectivity index (χ2n) is 4.53. The lowest BCUT2D eigenvalue weighted by Crippen LogP contribution is -2.14. The molecule has 1 rings (SSSR count). The van der Waals surface area contributed by atoms with Crippen molar-refractivity contribution in [1.82, 2.24) is 0 Å². The summed E-state index contributed by atoms with van der Waals surface area (Å²) in [7, 11) is 0. The van der Waals surface area contributed by atoms with Gasteiger partial charge in [-0.25, -0.2) is 0 Å². The largest absolute Gasteiger partial charge is 0.378 e. The van der Waals surface area contributed by atoms with Crippen molar-refractivity contribution in [1.29, 1.82) is 0 Å². The maximum atomic E-state index is 5.93. The first kappa shape index (κ1) is 12.8. The van der Waals surface area contributed by atoms with Gasteiger partial charge in [0.05, 0.1) is 6.10 Å². The first-order valence-corrected chi connectivity index (χ1v) is 6.70. The average Bonchev–Trinajstić information content (AvgIpc) is 2.20. The van der Waals surface area contributed by atoms with E-state index in [1.165, 1.54) is 57.8 Å². The lowest BCUT2D eigenvalue weighted by atomic mass is 10.0. The molecule has 0 aromatic carbocycles. The van der Waals surface area contributed by atoms with E-state index < -0.39 is 0 Å². The normalized spacial score (nSPS) is 24.5. The maximum absolute atomic E-state index is 5.93. The van der Waals surface area contributed by atoms with Gasteiger partial charge in [-0.3, -0.25) is 0 Å². The van der Waals surface area contributed by atoms with E-state index in [2.05, 4.69) is 19.1 Å². The van der Waals surface area contributed by atoms with Crippen molar-refractivity contribution in [3.05, 3.63) is 12.2 Å². The Labute approximate surface area is 94.9 Å². The molecular formula is C14H26O. The van der Waals surface area contributed by atoms with Gasteiger partial charge < -0.3 is 4.74 Å². The summed E-state index contributed by atoms with van der Waals surface area (Å²) in [5.74, 6) is 0. The molecule has 0 radical (unpaired) electrons. The summed E-state index contributed by atoms with van der Waals surface area (Å²) in [6.07, 6.45) is 16.7. The van der Waals surface area contributed by atoms with Gasteiger partial charge in [-0.1, -0.05) is 38.3 Å². The van der Waals surface area contributed by atoms with Gasteiger partial charge in [0, 0.05) is 6.61 Å². The lowest BCUT2D eigenvalue weighted by molar-refractivity contribution is 0.0381. The summed E-state index contributed by atoms with van der Waals surface area (Å²) in [5, 5.41) is 0.